The first-order chi connectivity index (χ1) is 15.9. The molecule has 0 aliphatic carbocycles. The second-order valence-corrected chi connectivity index (χ2v) is 10.1. The van der Waals surface area contributed by atoms with Gasteiger partial charge in [0.05, 0.1) is 20.6 Å². The lowest BCUT2D eigenvalue weighted by Gasteiger charge is -2.36. The predicted octanol–water partition coefficient (Wildman–Crippen LogP) is 5.48. The molecule has 0 fully saturated rings. The summed E-state index contributed by atoms with van der Waals surface area (Å²) >= 11 is 6.41. The van der Waals surface area contributed by atoms with Crippen molar-refractivity contribution >= 4 is 29.2 Å². The van der Waals surface area contributed by atoms with Gasteiger partial charge in [-0.3, -0.25) is 9.59 Å². The molecular weight excluding hydrogens is 458 g/mol. The van der Waals surface area contributed by atoms with Crippen LogP contribution in [-0.2, 0) is 14.3 Å². The van der Waals surface area contributed by atoms with E-state index < -0.39 is 24.1 Å². The number of nitrogens with zero attached hydrogens (tertiary/aromatic N) is 1. The number of fused-ring (bicyclic) bond motifs is 1. The number of carboxylic acid groups (broad SMARTS) is 1. The molecule has 8 heteroatoms. The van der Waals surface area contributed by atoms with E-state index in [0.29, 0.717) is 39.9 Å². The molecule has 1 heterocycles. The van der Waals surface area contributed by atoms with Gasteiger partial charge in [-0.25, -0.2) is 0 Å². The summed E-state index contributed by atoms with van der Waals surface area (Å²) in [7, 11) is 3.10. The number of halogens is 1. The number of benzene rings is 2. The predicted molar refractivity (Wildman–Crippen MR) is 131 cm³/mol. The lowest BCUT2D eigenvalue weighted by Crippen LogP contribution is -2.52. The minimum Gasteiger partial charge on any atom is -0.497 e. The van der Waals surface area contributed by atoms with Gasteiger partial charge in [-0.05, 0) is 42.2 Å². The van der Waals surface area contributed by atoms with E-state index in [2.05, 4.69) is 0 Å². The van der Waals surface area contributed by atoms with Crippen LogP contribution in [0.5, 0.6) is 11.5 Å². The van der Waals surface area contributed by atoms with Gasteiger partial charge in [0.1, 0.15) is 17.6 Å². The molecule has 0 aromatic heterocycles. The summed E-state index contributed by atoms with van der Waals surface area (Å²) in [6.07, 6.45) is -1.10. The number of hydrogen-bond acceptors (Lipinski definition) is 5. The van der Waals surface area contributed by atoms with Crippen LogP contribution in [-0.4, -0.2) is 43.3 Å². The van der Waals surface area contributed by atoms with Crippen LogP contribution in [0, 0.1) is 5.41 Å². The number of carbonyl (C=O) groups excluding carboxylic acids is 1. The Kier molecular flexibility index (Phi) is 7.48. The van der Waals surface area contributed by atoms with Crippen molar-refractivity contribution in [3.63, 3.8) is 0 Å². The molecule has 3 rings (SSSR count). The summed E-state index contributed by atoms with van der Waals surface area (Å²) in [6, 6.07) is 10.6. The molecule has 2 aromatic rings. The van der Waals surface area contributed by atoms with E-state index >= 15 is 0 Å². The number of anilines is 1. The van der Waals surface area contributed by atoms with Gasteiger partial charge in [0, 0.05) is 34.4 Å². The molecule has 1 amide bonds. The number of rotatable bonds is 7. The van der Waals surface area contributed by atoms with Crippen molar-refractivity contribution in [3.8, 4) is 11.5 Å². The van der Waals surface area contributed by atoms with Gasteiger partial charge in [-0.2, -0.15) is 0 Å². The maximum atomic E-state index is 14.0. The van der Waals surface area contributed by atoms with Gasteiger partial charge in [0.25, 0.3) is 5.91 Å². The smallest absolute Gasteiger partial charge is 0.306 e. The Morgan fingerprint density at radius 2 is 1.85 bits per heavy atom. The third-order valence-corrected chi connectivity index (χ3v) is 6.14. The van der Waals surface area contributed by atoms with E-state index in [0.717, 1.165) is 0 Å². The van der Waals surface area contributed by atoms with Crippen LogP contribution in [0.2, 0.25) is 5.02 Å². The highest BCUT2D eigenvalue weighted by atomic mass is 35.5. The number of methoxy groups -OCH3 is 2. The van der Waals surface area contributed by atoms with Crippen molar-refractivity contribution in [2.24, 2.45) is 5.41 Å². The van der Waals surface area contributed by atoms with Crippen LogP contribution in [0.4, 0.5) is 5.69 Å². The fourth-order valence-corrected chi connectivity index (χ4v) is 4.48. The van der Waals surface area contributed by atoms with Crippen LogP contribution in [0.25, 0.3) is 0 Å². The van der Waals surface area contributed by atoms with Crippen LogP contribution in [0.1, 0.15) is 57.8 Å². The number of carboxylic acids is 1. The average Bonchev–Trinajstić information content (AvgIpc) is 2.86. The van der Waals surface area contributed by atoms with E-state index in [1.807, 2.05) is 20.8 Å². The standard InChI is InChI=1S/C26H32ClNO6/c1-7-26(14-22(29)30)24(31)28(15-25(2,3)4)20-11-8-16(27)12-19(20)23(34-26)18-10-9-17(32-5)13-21(18)33-6/h8-13,23H,7,14-15H2,1-6H3,(H,29,30). The fraction of sp³-hybridized carbons (Fsp3) is 0.462. The second-order valence-electron chi connectivity index (χ2n) is 9.68. The summed E-state index contributed by atoms with van der Waals surface area (Å²) in [5, 5.41) is 10.2. The summed E-state index contributed by atoms with van der Waals surface area (Å²) in [6.45, 7) is 8.21. The van der Waals surface area contributed by atoms with Crippen molar-refractivity contribution in [3.05, 3.63) is 52.5 Å². The monoisotopic (exact) mass is 489 g/mol. The molecule has 0 bridgehead atoms. The van der Waals surface area contributed by atoms with Crippen molar-refractivity contribution in [2.75, 3.05) is 25.7 Å². The van der Waals surface area contributed by atoms with Crippen LogP contribution in [0.3, 0.4) is 0 Å². The van der Waals surface area contributed by atoms with Crippen LogP contribution >= 0.6 is 11.6 Å². The quantitative estimate of drug-likeness (QED) is 0.554. The van der Waals surface area contributed by atoms with Gasteiger partial charge < -0.3 is 24.2 Å². The number of amides is 1. The second kappa shape index (κ2) is 9.84. The van der Waals surface area contributed by atoms with E-state index in [1.165, 1.54) is 7.11 Å². The van der Waals surface area contributed by atoms with Gasteiger partial charge >= 0.3 is 5.97 Å². The minimum absolute atomic E-state index is 0.176. The first-order valence-corrected chi connectivity index (χ1v) is 11.6. The highest BCUT2D eigenvalue weighted by molar-refractivity contribution is 6.30. The zero-order chi connectivity index (χ0) is 25.3. The Morgan fingerprint density at radius 3 is 2.41 bits per heavy atom. The molecule has 34 heavy (non-hydrogen) atoms. The Hall–Kier alpha value is -2.77. The molecule has 2 aromatic carbocycles. The molecule has 1 N–H and O–H groups in total. The van der Waals surface area contributed by atoms with Crippen molar-refractivity contribution in [1.82, 2.24) is 0 Å². The topological polar surface area (TPSA) is 85.3 Å². The molecule has 184 valence electrons. The van der Waals surface area contributed by atoms with E-state index in [9.17, 15) is 14.7 Å². The first kappa shape index (κ1) is 25.8. The van der Waals surface area contributed by atoms with Crippen molar-refractivity contribution < 1.29 is 28.9 Å². The molecular formula is C26H32ClNO6. The van der Waals surface area contributed by atoms with Gasteiger partial charge in [-0.15, -0.1) is 0 Å². The molecule has 2 atom stereocenters. The van der Waals surface area contributed by atoms with Crippen LogP contribution in [0.15, 0.2) is 36.4 Å². The third kappa shape index (κ3) is 5.15. The zero-order valence-electron chi connectivity index (χ0n) is 20.5. The van der Waals surface area contributed by atoms with Gasteiger partial charge in [0.15, 0.2) is 5.60 Å². The minimum atomic E-state index is -1.59. The third-order valence-electron chi connectivity index (χ3n) is 5.90. The fourth-order valence-electron chi connectivity index (χ4n) is 4.29. The summed E-state index contributed by atoms with van der Waals surface area (Å²) in [5.74, 6) is -0.410. The Bertz CT molecular complexity index is 1080. The van der Waals surface area contributed by atoms with Crippen molar-refractivity contribution in [1.29, 1.82) is 0 Å². The molecule has 0 spiro atoms. The Balaban J connectivity index is 2.34. The summed E-state index contributed by atoms with van der Waals surface area (Å²) in [5.41, 5.74) is 0.0908. The largest absolute Gasteiger partial charge is 0.497 e. The average molecular weight is 490 g/mol. The number of carbonyl (C=O) groups is 2. The summed E-state index contributed by atoms with van der Waals surface area (Å²) < 4.78 is 17.5. The highest BCUT2D eigenvalue weighted by Crippen LogP contribution is 2.47. The normalized spacial score (nSPS) is 20.5. The SMILES string of the molecule is CCC1(CC(=O)O)OC(c2ccc(OC)cc2OC)c2cc(Cl)ccc2N(CC(C)(C)C)C1=O. The van der Waals surface area contributed by atoms with Crippen LogP contribution < -0.4 is 14.4 Å². The molecule has 7 nitrogen and oxygen atoms in total. The highest BCUT2D eigenvalue weighted by Gasteiger charge is 2.49. The molecule has 1 aliphatic rings. The van der Waals surface area contributed by atoms with Gasteiger partial charge in [0.2, 0.25) is 0 Å². The lowest BCUT2D eigenvalue weighted by atomic mass is 9.91. The molecule has 1 aliphatic heterocycles. The lowest BCUT2D eigenvalue weighted by molar-refractivity contribution is -0.162. The number of ether oxygens (including phenoxy) is 3. The number of hydrogen-bond donors (Lipinski definition) is 1. The van der Waals surface area contributed by atoms with E-state index in [4.69, 9.17) is 25.8 Å². The van der Waals surface area contributed by atoms with Gasteiger partial charge in [-0.1, -0.05) is 39.3 Å². The number of aliphatic carboxylic acids is 1. The van der Waals surface area contributed by atoms with E-state index in [1.54, 1.807) is 55.3 Å². The maximum Gasteiger partial charge on any atom is 0.306 e. The maximum absolute atomic E-state index is 14.0. The molecule has 2 unspecified atom stereocenters. The molecule has 0 radical (unpaired) electrons. The van der Waals surface area contributed by atoms with Crippen molar-refractivity contribution in [2.45, 2.75) is 52.2 Å². The molecule has 0 saturated heterocycles. The zero-order valence-corrected chi connectivity index (χ0v) is 21.2. The summed E-state index contributed by atoms with van der Waals surface area (Å²) in [4.78, 5) is 27.6. The Labute approximate surface area is 205 Å². The Morgan fingerprint density at radius 1 is 1.15 bits per heavy atom. The van der Waals surface area contributed by atoms with E-state index in [-0.39, 0.29) is 17.7 Å². The first-order valence-electron chi connectivity index (χ1n) is 11.2. The molecule has 0 saturated carbocycles.